The molecular formula is C16H20O2S. The minimum atomic E-state index is 0.196. The molecule has 0 amide bonds. The fourth-order valence-corrected chi connectivity index (χ4v) is 4.77. The van der Waals surface area contributed by atoms with Gasteiger partial charge in [-0.05, 0) is 42.5 Å². The second kappa shape index (κ2) is 5.20. The van der Waals surface area contributed by atoms with Crippen LogP contribution in [0.5, 0.6) is 5.75 Å². The molecule has 2 aliphatic rings. The van der Waals surface area contributed by atoms with Crippen molar-refractivity contribution in [1.82, 2.24) is 0 Å². The van der Waals surface area contributed by atoms with Crippen molar-refractivity contribution in [3.8, 4) is 5.75 Å². The maximum absolute atomic E-state index is 12.0. The van der Waals surface area contributed by atoms with Crippen LogP contribution >= 0.6 is 11.8 Å². The van der Waals surface area contributed by atoms with Crippen LogP contribution in [0.15, 0.2) is 29.2 Å². The number of carbonyl (C=O) groups is 1. The van der Waals surface area contributed by atoms with Crippen molar-refractivity contribution in [2.24, 2.45) is 5.41 Å². The molecule has 0 bridgehead atoms. The molecule has 0 heterocycles. The average Bonchev–Trinajstić information content (AvgIpc) is 2.46. The van der Waals surface area contributed by atoms with E-state index in [9.17, 15) is 4.79 Å². The van der Waals surface area contributed by atoms with Gasteiger partial charge in [-0.3, -0.25) is 4.79 Å². The van der Waals surface area contributed by atoms with Crippen LogP contribution in [0.4, 0.5) is 0 Å². The van der Waals surface area contributed by atoms with Crippen molar-refractivity contribution in [2.75, 3.05) is 7.11 Å². The lowest BCUT2D eigenvalue weighted by molar-refractivity contribution is -0.133. The van der Waals surface area contributed by atoms with Crippen molar-refractivity contribution < 1.29 is 9.53 Å². The Labute approximate surface area is 118 Å². The summed E-state index contributed by atoms with van der Waals surface area (Å²) in [5.74, 6) is 1.32. The second-order valence-corrected chi connectivity index (χ2v) is 6.92. The number of rotatable bonds is 3. The quantitative estimate of drug-likeness (QED) is 0.832. The second-order valence-electron chi connectivity index (χ2n) is 5.74. The molecule has 2 saturated carbocycles. The maximum atomic E-state index is 12.0. The molecule has 0 saturated heterocycles. The zero-order valence-corrected chi connectivity index (χ0v) is 12.2. The predicted molar refractivity (Wildman–Crippen MR) is 77.8 cm³/mol. The van der Waals surface area contributed by atoms with E-state index < -0.39 is 0 Å². The van der Waals surface area contributed by atoms with E-state index in [1.807, 2.05) is 12.1 Å². The lowest BCUT2D eigenvalue weighted by atomic mass is 9.60. The number of methoxy groups -OCH3 is 1. The molecule has 0 aliphatic heterocycles. The van der Waals surface area contributed by atoms with E-state index in [-0.39, 0.29) is 5.25 Å². The molecule has 2 fully saturated rings. The summed E-state index contributed by atoms with van der Waals surface area (Å²) in [7, 11) is 1.68. The van der Waals surface area contributed by atoms with E-state index in [1.54, 1.807) is 18.9 Å². The molecule has 0 radical (unpaired) electrons. The Hall–Kier alpha value is -0.960. The van der Waals surface area contributed by atoms with Gasteiger partial charge in [0.2, 0.25) is 0 Å². The van der Waals surface area contributed by atoms with Crippen molar-refractivity contribution in [1.29, 1.82) is 0 Å². The fraction of sp³-hybridized carbons (Fsp3) is 0.562. The number of Topliss-reactive ketones (excluding diaryl/α,β-unsaturated/α-hetero) is 1. The zero-order valence-electron chi connectivity index (χ0n) is 11.4. The summed E-state index contributed by atoms with van der Waals surface area (Å²) in [4.78, 5) is 13.2. The molecule has 2 aliphatic carbocycles. The van der Waals surface area contributed by atoms with Crippen molar-refractivity contribution in [3.05, 3.63) is 24.3 Å². The third-order valence-electron chi connectivity index (χ3n) is 4.54. The minimum Gasteiger partial charge on any atom is -0.497 e. The first kappa shape index (κ1) is 13.0. The number of ketones is 1. The van der Waals surface area contributed by atoms with Crippen LogP contribution in [-0.4, -0.2) is 18.1 Å². The van der Waals surface area contributed by atoms with Gasteiger partial charge in [-0.1, -0.05) is 19.3 Å². The smallest absolute Gasteiger partial charge is 0.147 e. The van der Waals surface area contributed by atoms with E-state index in [0.29, 0.717) is 11.2 Å². The van der Waals surface area contributed by atoms with Gasteiger partial charge in [0.1, 0.15) is 11.5 Å². The first-order valence-electron chi connectivity index (χ1n) is 7.07. The van der Waals surface area contributed by atoms with E-state index in [2.05, 4.69) is 12.1 Å². The van der Waals surface area contributed by atoms with E-state index in [4.69, 9.17) is 4.74 Å². The average molecular weight is 276 g/mol. The van der Waals surface area contributed by atoms with E-state index in [0.717, 1.165) is 12.2 Å². The Kier molecular flexibility index (Phi) is 3.57. The lowest BCUT2D eigenvalue weighted by Gasteiger charge is -2.50. The van der Waals surface area contributed by atoms with Gasteiger partial charge in [0, 0.05) is 11.3 Å². The fourth-order valence-electron chi connectivity index (χ4n) is 3.42. The van der Waals surface area contributed by atoms with Crippen LogP contribution in [0.3, 0.4) is 0 Å². The molecule has 1 spiro atoms. The molecule has 3 rings (SSSR count). The third-order valence-corrected chi connectivity index (χ3v) is 6.08. The highest BCUT2D eigenvalue weighted by Crippen LogP contribution is 2.55. The molecule has 19 heavy (non-hydrogen) atoms. The summed E-state index contributed by atoms with van der Waals surface area (Å²) in [6, 6.07) is 8.06. The zero-order chi connectivity index (χ0) is 13.3. The summed E-state index contributed by atoms with van der Waals surface area (Å²) in [5.41, 5.74) is 0.319. The molecule has 1 aromatic carbocycles. The largest absolute Gasteiger partial charge is 0.497 e. The van der Waals surface area contributed by atoms with Crippen molar-refractivity contribution in [2.45, 2.75) is 48.7 Å². The van der Waals surface area contributed by atoms with Gasteiger partial charge < -0.3 is 4.74 Å². The van der Waals surface area contributed by atoms with Crippen LogP contribution < -0.4 is 4.74 Å². The van der Waals surface area contributed by atoms with Gasteiger partial charge in [0.15, 0.2) is 0 Å². The van der Waals surface area contributed by atoms with Crippen molar-refractivity contribution in [3.63, 3.8) is 0 Å². The molecule has 1 aromatic rings. The molecule has 2 nitrogen and oxygen atoms in total. The van der Waals surface area contributed by atoms with Gasteiger partial charge >= 0.3 is 0 Å². The van der Waals surface area contributed by atoms with Gasteiger partial charge in [-0.2, -0.15) is 0 Å². The number of thioether (sulfide) groups is 1. The lowest BCUT2D eigenvalue weighted by Crippen LogP contribution is -2.52. The Morgan fingerprint density at radius 2 is 1.84 bits per heavy atom. The Balaban J connectivity index is 1.71. The number of hydrogen-bond acceptors (Lipinski definition) is 3. The molecule has 3 heteroatoms. The number of ether oxygens (including phenoxy) is 1. The van der Waals surface area contributed by atoms with Crippen LogP contribution in [0, 0.1) is 5.41 Å². The molecular weight excluding hydrogens is 256 g/mol. The van der Waals surface area contributed by atoms with Crippen LogP contribution in [0.25, 0.3) is 0 Å². The normalized spacial score (nSPS) is 25.1. The van der Waals surface area contributed by atoms with Gasteiger partial charge in [-0.15, -0.1) is 11.8 Å². The summed E-state index contributed by atoms with van der Waals surface area (Å²) < 4.78 is 5.17. The molecule has 0 N–H and O–H groups in total. The number of hydrogen-bond donors (Lipinski definition) is 0. The summed E-state index contributed by atoms with van der Waals surface area (Å²) in [6.45, 7) is 0. The standard InChI is InChI=1S/C16H20O2S/c1-18-12-5-7-13(8-6-12)19-15-14(17)11-16(15)9-3-2-4-10-16/h5-8,15H,2-4,9-11H2,1H3. The van der Waals surface area contributed by atoms with E-state index >= 15 is 0 Å². The highest BCUT2D eigenvalue weighted by atomic mass is 32.2. The third kappa shape index (κ3) is 2.40. The SMILES string of the molecule is COc1ccc(SC2C(=O)CC23CCCCC3)cc1. The molecule has 1 atom stereocenters. The van der Waals surface area contributed by atoms with Gasteiger partial charge in [-0.25, -0.2) is 0 Å². The van der Waals surface area contributed by atoms with Crippen LogP contribution in [-0.2, 0) is 4.79 Å². The van der Waals surface area contributed by atoms with Gasteiger partial charge in [0.25, 0.3) is 0 Å². The minimum absolute atomic E-state index is 0.196. The first-order valence-corrected chi connectivity index (χ1v) is 7.95. The van der Waals surface area contributed by atoms with E-state index in [1.165, 1.54) is 37.0 Å². The highest BCUT2D eigenvalue weighted by Gasteiger charge is 2.53. The predicted octanol–water partition coefficient (Wildman–Crippen LogP) is 4.08. The van der Waals surface area contributed by atoms with Gasteiger partial charge in [0.05, 0.1) is 12.4 Å². The van der Waals surface area contributed by atoms with Crippen molar-refractivity contribution >= 4 is 17.5 Å². The number of carbonyl (C=O) groups excluding carboxylic acids is 1. The monoisotopic (exact) mass is 276 g/mol. The topological polar surface area (TPSA) is 26.3 Å². The summed E-state index contributed by atoms with van der Waals surface area (Å²) in [5, 5.41) is 0.196. The Morgan fingerprint density at radius 1 is 1.16 bits per heavy atom. The Bertz CT molecular complexity index is 460. The number of benzene rings is 1. The first-order chi connectivity index (χ1) is 9.23. The van der Waals surface area contributed by atoms with Crippen LogP contribution in [0.2, 0.25) is 0 Å². The molecule has 0 aromatic heterocycles. The summed E-state index contributed by atoms with van der Waals surface area (Å²) in [6.07, 6.45) is 7.25. The molecule has 1 unspecified atom stereocenters. The summed E-state index contributed by atoms with van der Waals surface area (Å²) >= 11 is 1.76. The Morgan fingerprint density at radius 3 is 2.42 bits per heavy atom. The van der Waals surface area contributed by atoms with Crippen LogP contribution in [0.1, 0.15) is 38.5 Å². The highest BCUT2D eigenvalue weighted by molar-refractivity contribution is 8.00. The molecule has 102 valence electrons. The maximum Gasteiger partial charge on any atom is 0.147 e.